The Hall–Kier alpha value is -2.94. The molecule has 0 fully saturated rings. The van der Waals surface area contributed by atoms with Crippen molar-refractivity contribution >= 4 is 17.1 Å². The summed E-state index contributed by atoms with van der Waals surface area (Å²) in [6.07, 6.45) is 0. The van der Waals surface area contributed by atoms with E-state index in [-0.39, 0.29) is 5.60 Å². The van der Waals surface area contributed by atoms with Crippen molar-refractivity contribution in [2.75, 3.05) is 10.4 Å². The van der Waals surface area contributed by atoms with Gasteiger partial charge in [-0.15, -0.1) is 0 Å². The quantitative estimate of drug-likeness (QED) is 0.577. The fraction of sp³-hybridized carbons (Fsp3) is 0.182. The van der Waals surface area contributed by atoms with Gasteiger partial charge in [0.25, 0.3) is 0 Å². The number of para-hydroxylation sites is 2. The number of hydrazine groups is 1. The van der Waals surface area contributed by atoms with Gasteiger partial charge in [0.1, 0.15) is 11.4 Å². The molecule has 0 aliphatic heterocycles. The summed E-state index contributed by atoms with van der Waals surface area (Å²) in [5.41, 5.74) is 6.40. The SMILES string of the molecule is CC(C)(C)Oc1ccc(N(Nc2ccccc2)c2ccccc2)cc1. The van der Waals surface area contributed by atoms with Crippen molar-refractivity contribution in [2.24, 2.45) is 0 Å². The zero-order valence-electron chi connectivity index (χ0n) is 14.9. The molecule has 0 heterocycles. The molecule has 0 radical (unpaired) electrons. The molecule has 0 spiro atoms. The van der Waals surface area contributed by atoms with Crippen LogP contribution in [0.4, 0.5) is 17.1 Å². The molecule has 0 aliphatic carbocycles. The molecule has 0 aliphatic rings. The normalized spacial score (nSPS) is 11.0. The van der Waals surface area contributed by atoms with Crippen molar-refractivity contribution in [3.63, 3.8) is 0 Å². The first-order chi connectivity index (χ1) is 12.0. The van der Waals surface area contributed by atoms with Crippen molar-refractivity contribution in [3.05, 3.63) is 84.9 Å². The van der Waals surface area contributed by atoms with Gasteiger partial charge < -0.3 is 4.74 Å². The average molecular weight is 332 g/mol. The van der Waals surface area contributed by atoms with Gasteiger partial charge in [-0.05, 0) is 69.3 Å². The Morgan fingerprint density at radius 2 is 1.20 bits per heavy atom. The molecule has 0 amide bonds. The highest BCUT2D eigenvalue weighted by Crippen LogP contribution is 2.28. The first-order valence-electron chi connectivity index (χ1n) is 8.47. The smallest absolute Gasteiger partial charge is 0.120 e. The van der Waals surface area contributed by atoms with E-state index in [0.717, 1.165) is 22.8 Å². The maximum Gasteiger partial charge on any atom is 0.120 e. The van der Waals surface area contributed by atoms with Crippen LogP contribution in [0.1, 0.15) is 20.8 Å². The first kappa shape index (κ1) is 16.9. The molecule has 25 heavy (non-hydrogen) atoms. The van der Waals surface area contributed by atoms with Crippen molar-refractivity contribution in [2.45, 2.75) is 26.4 Å². The van der Waals surface area contributed by atoms with Crippen LogP contribution in [-0.2, 0) is 0 Å². The monoisotopic (exact) mass is 332 g/mol. The summed E-state index contributed by atoms with van der Waals surface area (Å²) in [7, 11) is 0. The Morgan fingerprint density at radius 3 is 1.76 bits per heavy atom. The molecule has 3 nitrogen and oxygen atoms in total. The minimum Gasteiger partial charge on any atom is -0.488 e. The van der Waals surface area contributed by atoms with E-state index in [2.05, 4.69) is 34.7 Å². The lowest BCUT2D eigenvalue weighted by Gasteiger charge is -2.27. The van der Waals surface area contributed by atoms with Gasteiger partial charge in [0.2, 0.25) is 0 Å². The van der Waals surface area contributed by atoms with Gasteiger partial charge in [0.15, 0.2) is 0 Å². The highest BCUT2D eigenvalue weighted by atomic mass is 16.5. The summed E-state index contributed by atoms with van der Waals surface area (Å²) in [6, 6.07) is 28.5. The Labute approximate surface area is 149 Å². The van der Waals surface area contributed by atoms with Gasteiger partial charge in [-0.3, -0.25) is 10.4 Å². The fourth-order valence-electron chi connectivity index (χ4n) is 2.51. The highest BCUT2D eigenvalue weighted by Gasteiger charge is 2.13. The summed E-state index contributed by atoms with van der Waals surface area (Å²) in [6.45, 7) is 6.15. The standard InChI is InChI=1S/C22H24N2O/c1-22(2,3)25-21-16-14-20(15-17-21)24(19-12-8-5-9-13-19)23-18-10-6-4-7-11-18/h4-17,23H,1-3H3. The second-order valence-electron chi connectivity index (χ2n) is 6.86. The third kappa shape index (κ3) is 4.77. The van der Waals surface area contributed by atoms with Gasteiger partial charge in [-0.1, -0.05) is 36.4 Å². The van der Waals surface area contributed by atoms with E-state index in [1.807, 2.05) is 81.4 Å². The Kier molecular flexibility index (Phi) is 4.94. The van der Waals surface area contributed by atoms with Gasteiger partial charge in [0.05, 0.1) is 17.1 Å². The number of rotatable bonds is 5. The second-order valence-corrected chi connectivity index (χ2v) is 6.86. The third-order valence-electron chi connectivity index (χ3n) is 3.55. The molecule has 0 atom stereocenters. The highest BCUT2D eigenvalue weighted by molar-refractivity contribution is 5.68. The Bertz CT molecular complexity index is 778. The van der Waals surface area contributed by atoms with Crippen molar-refractivity contribution in [1.82, 2.24) is 0 Å². The third-order valence-corrected chi connectivity index (χ3v) is 3.55. The summed E-state index contributed by atoms with van der Waals surface area (Å²) in [5.74, 6) is 0.865. The van der Waals surface area contributed by atoms with E-state index in [9.17, 15) is 0 Å². The number of anilines is 3. The summed E-state index contributed by atoms with van der Waals surface area (Å²) < 4.78 is 5.92. The van der Waals surface area contributed by atoms with Crippen LogP contribution in [0.2, 0.25) is 0 Å². The largest absolute Gasteiger partial charge is 0.488 e. The van der Waals surface area contributed by atoms with E-state index in [1.165, 1.54) is 0 Å². The van der Waals surface area contributed by atoms with Crippen LogP contribution in [-0.4, -0.2) is 5.60 Å². The van der Waals surface area contributed by atoms with E-state index in [1.54, 1.807) is 0 Å². The number of nitrogens with zero attached hydrogens (tertiary/aromatic N) is 1. The molecule has 128 valence electrons. The van der Waals surface area contributed by atoms with Crippen LogP contribution in [0.25, 0.3) is 0 Å². The first-order valence-corrected chi connectivity index (χ1v) is 8.47. The maximum absolute atomic E-state index is 5.92. The molecule has 1 N–H and O–H groups in total. The number of ether oxygens (including phenoxy) is 1. The molecular weight excluding hydrogens is 308 g/mol. The van der Waals surface area contributed by atoms with E-state index >= 15 is 0 Å². The summed E-state index contributed by atoms with van der Waals surface area (Å²) in [5, 5.41) is 2.07. The Balaban J connectivity index is 1.89. The van der Waals surface area contributed by atoms with Crippen molar-refractivity contribution in [1.29, 1.82) is 0 Å². The van der Waals surface area contributed by atoms with E-state index < -0.39 is 0 Å². The van der Waals surface area contributed by atoms with Gasteiger partial charge >= 0.3 is 0 Å². The maximum atomic E-state index is 5.92. The molecule has 3 rings (SSSR count). The van der Waals surface area contributed by atoms with Crippen LogP contribution >= 0.6 is 0 Å². The molecule has 3 heteroatoms. The molecule has 0 saturated carbocycles. The number of hydrogen-bond acceptors (Lipinski definition) is 3. The van der Waals surface area contributed by atoms with E-state index in [0.29, 0.717) is 0 Å². The van der Waals surface area contributed by atoms with Crippen molar-refractivity contribution in [3.8, 4) is 5.75 Å². The topological polar surface area (TPSA) is 24.5 Å². The summed E-state index contributed by atoms with van der Waals surface area (Å²) in [4.78, 5) is 0. The lowest BCUT2D eigenvalue weighted by Crippen LogP contribution is -2.25. The van der Waals surface area contributed by atoms with Gasteiger partial charge in [-0.2, -0.15) is 0 Å². The zero-order valence-corrected chi connectivity index (χ0v) is 14.9. The Morgan fingerprint density at radius 1 is 0.680 bits per heavy atom. The molecular formula is C22H24N2O. The molecule has 0 saturated heterocycles. The lowest BCUT2D eigenvalue weighted by molar-refractivity contribution is 0.131. The minimum absolute atomic E-state index is 0.205. The van der Waals surface area contributed by atoms with Crippen LogP contribution in [0.15, 0.2) is 84.9 Å². The number of nitrogens with one attached hydrogen (secondary N) is 1. The van der Waals surface area contributed by atoms with E-state index in [4.69, 9.17) is 4.74 Å². The van der Waals surface area contributed by atoms with Crippen LogP contribution in [0, 0.1) is 0 Å². The molecule has 3 aromatic rings. The summed E-state index contributed by atoms with van der Waals surface area (Å²) >= 11 is 0. The molecule has 0 aromatic heterocycles. The predicted molar refractivity (Wildman–Crippen MR) is 105 cm³/mol. The molecule has 0 bridgehead atoms. The van der Waals surface area contributed by atoms with Gasteiger partial charge in [0, 0.05) is 0 Å². The minimum atomic E-state index is -0.205. The van der Waals surface area contributed by atoms with Gasteiger partial charge in [-0.25, -0.2) is 0 Å². The van der Waals surface area contributed by atoms with Crippen LogP contribution in [0.5, 0.6) is 5.75 Å². The zero-order chi connectivity index (χ0) is 17.7. The number of benzene rings is 3. The molecule has 0 unspecified atom stereocenters. The van der Waals surface area contributed by atoms with Crippen molar-refractivity contribution < 1.29 is 4.74 Å². The van der Waals surface area contributed by atoms with Crippen LogP contribution in [0.3, 0.4) is 0 Å². The molecule has 3 aromatic carbocycles. The lowest BCUT2D eigenvalue weighted by atomic mass is 10.2. The second kappa shape index (κ2) is 7.31. The number of hydrogen-bond donors (Lipinski definition) is 1. The average Bonchev–Trinajstić information content (AvgIpc) is 2.61. The fourth-order valence-corrected chi connectivity index (χ4v) is 2.51. The predicted octanol–water partition coefficient (Wildman–Crippen LogP) is 6.03. The van der Waals surface area contributed by atoms with Crippen LogP contribution < -0.4 is 15.2 Å².